The third kappa shape index (κ3) is 3.80. The number of rotatable bonds is 4. The molecule has 15 heavy (non-hydrogen) atoms. The van der Waals surface area contributed by atoms with Gasteiger partial charge >= 0.3 is 6.29 Å². The quantitative estimate of drug-likeness (QED) is 0.493. The summed E-state index contributed by atoms with van der Waals surface area (Å²) in [5.74, 6) is 0.316. The van der Waals surface area contributed by atoms with Crippen LogP contribution >= 0.6 is 0 Å². The van der Waals surface area contributed by atoms with Crippen molar-refractivity contribution in [3.8, 4) is 5.75 Å². The molecule has 0 aromatic heterocycles. The number of hydrogen-bond donors (Lipinski definition) is 2. The van der Waals surface area contributed by atoms with Crippen LogP contribution in [0.1, 0.15) is 6.92 Å². The molecule has 0 bridgehead atoms. The van der Waals surface area contributed by atoms with Gasteiger partial charge in [0.25, 0.3) is 10.8 Å². The van der Waals surface area contributed by atoms with E-state index in [9.17, 15) is 9.32 Å². The smallest absolute Gasteiger partial charge is 0.305 e. The Morgan fingerprint density at radius 1 is 1.33 bits per heavy atom. The molecule has 0 amide bonds. The second-order valence-corrected chi connectivity index (χ2v) is 3.32. The van der Waals surface area contributed by atoms with E-state index in [1.807, 2.05) is 0 Å². The van der Waals surface area contributed by atoms with Gasteiger partial charge in [-0.15, -0.1) is 0 Å². The standard InChI is InChI=1S/C8H11ClN2O4/c1-5(15-9(12)13)14-8-3-2-6(10)4-7(8)11/h2-5H,10-11H2,1H3. The van der Waals surface area contributed by atoms with Crippen LogP contribution in [0.5, 0.6) is 5.75 Å². The topological polar surface area (TPSA) is 117 Å². The lowest BCUT2D eigenvalue weighted by molar-refractivity contribution is -1.63. The average molecular weight is 235 g/mol. The Morgan fingerprint density at radius 3 is 2.53 bits per heavy atom. The van der Waals surface area contributed by atoms with Crippen molar-refractivity contribution in [2.45, 2.75) is 13.2 Å². The molecule has 6 nitrogen and oxygen atoms in total. The lowest BCUT2D eigenvalue weighted by Gasteiger charge is -2.11. The zero-order valence-electron chi connectivity index (χ0n) is 7.98. The number of halogens is 1. The molecule has 1 unspecified atom stereocenters. The van der Waals surface area contributed by atoms with Crippen LogP contribution in [-0.4, -0.2) is 6.29 Å². The fourth-order valence-electron chi connectivity index (χ4n) is 0.974. The molecule has 0 heterocycles. The van der Waals surface area contributed by atoms with Gasteiger partial charge in [-0.2, -0.15) is 0 Å². The normalized spacial score (nSPS) is 12.8. The van der Waals surface area contributed by atoms with E-state index in [1.54, 1.807) is 6.07 Å². The predicted octanol–water partition coefficient (Wildman–Crippen LogP) is -1.32. The van der Waals surface area contributed by atoms with Crippen LogP contribution in [0.15, 0.2) is 18.2 Å². The first kappa shape index (κ1) is 11.9. The number of hydrogen-bond acceptors (Lipinski definition) is 6. The fourth-order valence-corrected chi connectivity index (χ4v) is 1.21. The van der Waals surface area contributed by atoms with Gasteiger partial charge in [0, 0.05) is 12.6 Å². The van der Waals surface area contributed by atoms with Crippen molar-refractivity contribution in [2.24, 2.45) is 0 Å². The van der Waals surface area contributed by atoms with Crippen LogP contribution in [0, 0.1) is 10.8 Å². The third-order valence-corrected chi connectivity index (χ3v) is 1.92. The van der Waals surface area contributed by atoms with Crippen molar-refractivity contribution >= 4 is 11.4 Å². The summed E-state index contributed by atoms with van der Waals surface area (Å²) >= 11 is 0. The minimum atomic E-state index is -2.30. The van der Waals surface area contributed by atoms with Crippen LogP contribution in [0.25, 0.3) is 0 Å². The molecule has 7 heteroatoms. The van der Waals surface area contributed by atoms with Crippen molar-refractivity contribution in [3.63, 3.8) is 0 Å². The largest absolute Gasteiger partial charge is 0.453 e. The molecule has 4 N–H and O–H groups in total. The van der Waals surface area contributed by atoms with Crippen molar-refractivity contribution in [3.05, 3.63) is 18.2 Å². The van der Waals surface area contributed by atoms with E-state index < -0.39 is 17.1 Å². The number of benzene rings is 1. The number of anilines is 2. The Bertz CT molecular complexity index is 334. The summed E-state index contributed by atoms with van der Waals surface area (Å²) in [6.07, 6.45) is -0.952. The molecule has 84 valence electrons. The summed E-state index contributed by atoms with van der Waals surface area (Å²) in [5.41, 5.74) is 11.9. The van der Waals surface area contributed by atoms with Crippen molar-refractivity contribution in [2.75, 3.05) is 11.5 Å². The van der Waals surface area contributed by atoms with Gasteiger partial charge in [0.05, 0.1) is 9.98 Å². The molecule has 0 spiro atoms. The van der Waals surface area contributed by atoms with E-state index in [1.165, 1.54) is 19.1 Å². The summed E-state index contributed by atoms with van der Waals surface area (Å²) in [7, 11) is -2.30. The van der Waals surface area contributed by atoms with E-state index in [-0.39, 0.29) is 0 Å². The summed E-state index contributed by atoms with van der Waals surface area (Å²) < 4.78 is 29.7. The third-order valence-electron chi connectivity index (χ3n) is 1.52. The first-order valence-electron chi connectivity index (χ1n) is 4.03. The van der Waals surface area contributed by atoms with E-state index >= 15 is 0 Å². The first-order valence-corrected chi connectivity index (χ1v) is 4.96. The molecule has 0 saturated heterocycles. The lowest BCUT2D eigenvalue weighted by Crippen LogP contribution is -2.38. The first-order chi connectivity index (χ1) is 6.99. The number of nitrogens with two attached hydrogens (primary N) is 2. The Kier molecular flexibility index (Phi) is 3.98. The Morgan fingerprint density at radius 2 is 2.00 bits per heavy atom. The molecule has 1 aromatic rings. The van der Waals surface area contributed by atoms with E-state index in [0.29, 0.717) is 17.1 Å². The van der Waals surface area contributed by atoms with Gasteiger partial charge in [-0.05, 0) is 18.2 Å². The number of nitrogen functional groups attached to an aromatic ring is 2. The maximum absolute atomic E-state index is 10.1. The second kappa shape index (κ2) is 5.04. The van der Waals surface area contributed by atoms with Gasteiger partial charge < -0.3 is 25.5 Å². The van der Waals surface area contributed by atoms with Gasteiger partial charge in [0.15, 0.2) is 0 Å². The molecular formula is C8H11ClN2O4. The SMILES string of the molecule is CC(Oc1ccc(N)cc1N)O[Cl+2]([O-])[O-]. The molecule has 0 aliphatic rings. The molecule has 0 aliphatic heterocycles. The molecule has 0 aliphatic carbocycles. The monoisotopic (exact) mass is 234 g/mol. The highest BCUT2D eigenvalue weighted by atomic mass is 35.6. The van der Waals surface area contributed by atoms with Crippen LogP contribution < -0.4 is 25.5 Å². The maximum atomic E-state index is 10.1. The molecule has 0 fully saturated rings. The average Bonchev–Trinajstić information content (AvgIpc) is 2.08. The molecule has 0 radical (unpaired) electrons. The summed E-state index contributed by atoms with van der Waals surface area (Å²) in [5, 5.41) is 0. The molecular weight excluding hydrogens is 224 g/mol. The van der Waals surface area contributed by atoms with Crippen molar-refractivity contribution in [1.82, 2.24) is 0 Å². The van der Waals surface area contributed by atoms with Gasteiger partial charge in [0.1, 0.15) is 5.75 Å². The minimum Gasteiger partial charge on any atom is -0.453 e. The summed E-state index contributed by atoms with van der Waals surface area (Å²) in [6, 6.07) is 4.63. The van der Waals surface area contributed by atoms with Crippen LogP contribution in [0.3, 0.4) is 0 Å². The van der Waals surface area contributed by atoms with E-state index in [4.69, 9.17) is 16.2 Å². The van der Waals surface area contributed by atoms with Gasteiger partial charge in [0.2, 0.25) is 0 Å². The van der Waals surface area contributed by atoms with Crippen molar-refractivity contribution < 1.29 is 29.1 Å². The number of ether oxygens (including phenoxy) is 1. The summed E-state index contributed by atoms with van der Waals surface area (Å²) in [6.45, 7) is 1.43. The van der Waals surface area contributed by atoms with Crippen LogP contribution in [-0.2, 0) is 4.29 Å². The maximum Gasteiger partial charge on any atom is 0.305 e. The molecule has 1 aromatic carbocycles. The highest BCUT2D eigenvalue weighted by Gasteiger charge is 2.18. The van der Waals surface area contributed by atoms with Crippen LogP contribution in [0.2, 0.25) is 0 Å². The zero-order chi connectivity index (χ0) is 11.4. The zero-order valence-corrected chi connectivity index (χ0v) is 8.73. The fraction of sp³-hybridized carbons (Fsp3) is 0.250. The van der Waals surface area contributed by atoms with Crippen LogP contribution in [0.4, 0.5) is 11.4 Å². The molecule has 1 atom stereocenters. The van der Waals surface area contributed by atoms with Crippen molar-refractivity contribution in [1.29, 1.82) is 0 Å². The summed E-state index contributed by atoms with van der Waals surface area (Å²) in [4.78, 5) is 0. The Labute approximate surface area is 89.8 Å². The molecule has 1 rings (SSSR count). The lowest BCUT2D eigenvalue weighted by atomic mass is 10.2. The highest BCUT2D eigenvalue weighted by Crippen LogP contribution is 2.24. The molecule has 0 saturated carbocycles. The minimum absolute atomic E-state index is 0.316. The Hall–Kier alpha value is -1.21. The van der Waals surface area contributed by atoms with E-state index in [0.717, 1.165) is 0 Å². The predicted molar refractivity (Wildman–Crippen MR) is 46.4 cm³/mol. The van der Waals surface area contributed by atoms with Gasteiger partial charge in [-0.25, -0.2) is 0 Å². The van der Waals surface area contributed by atoms with E-state index in [2.05, 4.69) is 4.29 Å². The highest BCUT2D eigenvalue weighted by molar-refractivity contribution is 5.60. The van der Waals surface area contributed by atoms with Gasteiger partial charge in [-0.1, -0.05) is 0 Å². The Balaban J connectivity index is 2.64. The van der Waals surface area contributed by atoms with Gasteiger partial charge in [-0.3, -0.25) is 0 Å². The second-order valence-electron chi connectivity index (χ2n) is 2.76.